The van der Waals surface area contributed by atoms with E-state index in [4.69, 9.17) is 5.73 Å². The third-order valence-corrected chi connectivity index (χ3v) is 4.74. The second-order valence-electron chi connectivity index (χ2n) is 6.66. The lowest BCUT2D eigenvalue weighted by molar-refractivity contribution is 0.212. The van der Waals surface area contributed by atoms with Gasteiger partial charge in [0.15, 0.2) is 0 Å². The Bertz CT molecular complexity index is 203. The average molecular weight is 226 g/mol. The summed E-state index contributed by atoms with van der Waals surface area (Å²) in [6.45, 7) is 12.4. The molecule has 1 aliphatic rings. The van der Waals surface area contributed by atoms with E-state index in [-0.39, 0.29) is 0 Å². The minimum atomic E-state index is 0.383. The first-order chi connectivity index (χ1) is 7.42. The topological polar surface area (TPSA) is 38.0 Å². The molecular weight excluding hydrogens is 196 g/mol. The molecule has 0 saturated heterocycles. The minimum Gasteiger partial charge on any atom is -0.330 e. The Morgan fingerprint density at radius 2 is 1.81 bits per heavy atom. The smallest absolute Gasteiger partial charge is 0.00201 e. The van der Waals surface area contributed by atoms with Gasteiger partial charge in [0.05, 0.1) is 0 Å². The largest absolute Gasteiger partial charge is 0.330 e. The Balaban J connectivity index is 2.34. The van der Waals surface area contributed by atoms with Gasteiger partial charge >= 0.3 is 0 Å². The van der Waals surface area contributed by atoms with Gasteiger partial charge in [0, 0.05) is 13.1 Å². The molecule has 96 valence electrons. The standard InChI is InChI=1S/C14H30N2/c1-12(2)13(3,4)10-16-11-14(9-15)7-5-6-8-14/h12,16H,5-11,15H2,1-4H3. The van der Waals surface area contributed by atoms with E-state index in [1.165, 1.54) is 25.7 Å². The van der Waals surface area contributed by atoms with Gasteiger partial charge in [-0.15, -0.1) is 0 Å². The molecule has 3 N–H and O–H groups in total. The zero-order chi connectivity index (χ0) is 12.2. The lowest BCUT2D eigenvalue weighted by Gasteiger charge is -2.33. The van der Waals surface area contributed by atoms with E-state index in [1.54, 1.807) is 0 Å². The predicted octanol–water partition coefficient (Wildman–Crippen LogP) is 2.78. The van der Waals surface area contributed by atoms with Gasteiger partial charge < -0.3 is 11.1 Å². The number of hydrogen-bond acceptors (Lipinski definition) is 2. The molecule has 16 heavy (non-hydrogen) atoms. The van der Waals surface area contributed by atoms with Gasteiger partial charge in [0.1, 0.15) is 0 Å². The molecule has 0 bridgehead atoms. The van der Waals surface area contributed by atoms with Crippen molar-refractivity contribution in [3.8, 4) is 0 Å². The lowest BCUT2D eigenvalue weighted by Crippen LogP contribution is -2.42. The highest BCUT2D eigenvalue weighted by Gasteiger charge is 2.32. The zero-order valence-electron chi connectivity index (χ0n) is 11.6. The monoisotopic (exact) mass is 226 g/mol. The Hall–Kier alpha value is -0.0800. The van der Waals surface area contributed by atoms with Gasteiger partial charge in [-0.05, 0) is 36.1 Å². The minimum absolute atomic E-state index is 0.383. The third-order valence-electron chi connectivity index (χ3n) is 4.74. The van der Waals surface area contributed by atoms with Crippen LogP contribution in [0.2, 0.25) is 0 Å². The quantitative estimate of drug-likeness (QED) is 0.731. The van der Waals surface area contributed by atoms with Crippen LogP contribution in [-0.4, -0.2) is 19.6 Å². The van der Waals surface area contributed by atoms with Crippen LogP contribution < -0.4 is 11.1 Å². The lowest BCUT2D eigenvalue weighted by atomic mass is 9.80. The molecule has 1 rings (SSSR count). The van der Waals surface area contributed by atoms with Crippen molar-refractivity contribution in [2.24, 2.45) is 22.5 Å². The molecule has 0 aliphatic heterocycles. The van der Waals surface area contributed by atoms with Crippen LogP contribution in [0.3, 0.4) is 0 Å². The molecule has 0 spiro atoms. The van der Waals surface area contributed by atoms with Crippen LogP contribution in [0.4, 0.5) is 0 Å². The number of hydrogen-bond donors (Lipinski definition) is 2. The van der Waals surface area contributed by atoms with E-state index < -0.39 is 0 Å². The predicted molar refractivity (Wildman–Crippen MR) is 71.4 cm³/mol. The van der Waals surface area contributed by atoms with Gasteiger partial charge in [0.2, 0.25) is 0 Å². The molecule has 0 aromatic heterocycles. The van der Waals surface area contributed by atoms with Gasteiger partial charge in [0.25, 0.3) is 0 Å². The highest BCUT2D eigenvalue weighted by Crippen LogP contribution is 2.36. The van der Waals surface area contributed by atoms with Crippen molar-refractivity contribution in [1.82, 2.24) is 5.32 Å². The summed E-state index contributed by atoms with van der Waals surface area (Å²) in [6.07, 6.45) is 5.37. The van der Waals surface area contributed by atoms with Crippen molar-refractivity contribution in [3.05, 3.63) is 0 Å². The molecule has 0 aromatic rings. The van der Waals surface area contributed by atoms with Crippen molar-refractivity contribution in [2.45, 2.75) is 53.4 Å². The molecule has 0 unspecified atom stereocenters. The van der Waals surface area contributed by atoms with Crippen molar-refractivity contribution in [2.75, 3.05) is 19.6 Å². The summed E-state index contributed by atoms with van der Waals surface area (Å²) in [6, 6.07) is 0. The number of rotatable bonds is 6. The van der Waals surface area contributed by atoms with Crippen LogP contribution in [-0.2, 0) is 0 Å². The maximum atomic E-state index is 5.94. The van der Waals surface area contributed by atoms with E-state index in [2.05, 4.69) is 33.0 Å². The average Bonchev–Trinajstić information content (AvgIpc) is 2.67. The van der Waals surface area contributed by atoms with Crippen LogP contribution in [0.15, 0.2) is 0 Å². The van der Waals surface area contributed by atoms with E-state index in [0.717, 1.165) is 25.6 Å². The second-order valence-corrected chi connectivity index (χ2v) is 6.66. The molecule has 1 fully saturated rings. The van der Waals surface area contributed by atoms with Crippen molar-refractivity contribution in [1.29, 1.82) is 0 Å². The van der Waals surface area contributed by atoms with Crippen molar-refractivity contribution < 1.29 is 0 Å². The highest BCUT2D eigenvalue weighted by atomic mass is 14.9. The van der Waals surface area contributed by atoms with Crippen LogP contribution in [0.25, 0.3) is 0 Å². The van der Waals surface area contributed by atoms with Gasteiger partial charge in [-0.3, -0.25) is 0 Å². The first-order valence-corrected chi connectivity index (χ1v) is 6.83. The third kappa shape index (κ3) is 3.46. The van der Waals surface area contributed by atoms with E-state index in [0.29, 0.717) is 10.8 Å². The fourth-order valence-electron chi connectivity index (χ4n) is 2.43. The highest BCUT2D eigenvalue weighted by molar-refractivity contribution is 4.88. The number of nitrogens with two attached hydrogens (primary N) is 1. The Labute approximate surface area is 101 Å². The Morgan fingerprint density at radius 3 is 2.25 bits per heavy atom. The molecule has 0 radical (unpaired) electrons. The van der Waals surface area contributed by atoms with E-state index in [1.807, 2.05) is 0 Å². The fraction of sp³-hybridized carbons (Fsp3) is 1.00. The Kier molecular flexibility index (Phi) is 4.81. The second kappa shape index (κ2) is 5.50. The van der Waals surface area contributed by atoms with Crippen molar-refractivity contribution in [3.63, 3.8) is 0 Å². The summed E-state index contributed by atoms with van der Waals surface area (Å²) in [4.78, 5) is 0. The number of nitrogens with one attached hydrogen (secondary N) is 1. The van der Waals surface area contributed by atoms with Crippen LogP contribution in [0, 0.1) is 16.7 Å². The summed E-state index contributed by atoms with van der Waals surface area (Å²) in [5, 5.41) is 3.66. The first-order valence-electron chi connectivity index (χ1n) is 6.83. The van der Waals surface area contributed by atoms with Gasteiger partial charge in [-0.2, -0.15) is 0 Å². The van der Waals surface area contributed by atoms with Crippen LogP contribution in [0.1, 0.15) is 53.4 Å². The molecule has 1 saturated carbocycles. The van der Waals surface area contributed by atoms with Crippen LogP contribution >= 0.6 is 0 Å². The molecule has 0 atom stereocenters. The summed E-state index contributed by atoms with van der Waals surface area (Å²) < 4.78 is 0. The van der Waals surface area contributed by atoms with E-state index in [9.17, 15) is 0 Å². The Morgan fingerprint density at radius 1 is 1.25 bits per heavy atom. The molecular formula is C14H30N2. The molecule has 2 heteroatoms. The SMILES string of the molecule is CC(C)C(C)(C)CNCC1(CN)CCCC1. The molecule has 0 amide bonds. The molecule has 0 aromatic carbocycles. The van der Waals surface area contributed by atoms with Gasteiger partial charge in [-0.25, -0.2) is 0 Å². The van der Waals surface area contributed by atoms with Gasteiger partial charge in [-0.1, -0.05) is 40.5 Å². The maximum Gasteiger partial charge on any atom is 0.00201 e. The van der Waals surface area contributed by atoms with Crippen molar-refractivity contribution >= 4 is 0 Å². The summed E-state index contributed by atoms with van der Waals surface area (Å²) in [7, 11) is 0. The van der Waals surface area contributed by atoms with Crippen LogP contribution in [0.5, 0.6) is 0 Å². The molecule has 2 nitrogen and oxygen atoms in total. The molecule has 1 aliphatic carbocycles. The summed E-state index contributed by atoms with van der Waals surface area (Å²) >= 11 is 0. The fourth-order valence-corrected chi connectivity index (χ4v) is 2.43. The first kappa shape index (κ1) is 14.0. The van der Waals surface area contributed by atoms with E-state index >= 15 is 0 Å². The zero-order valence-corrected chi connectivity index (χ0v) is 11.6. The maximum absolute atomic E-state index is 5.94. The molecule has 0 heterocycles. The summed E-state index contributed by atoms with van der Waals surface area (Å²) in [5.41, 5.74) is 6.73. The summed E-state index contributed by atoms with van der Waals surface area (Å²) in [5.74, 6) is 0.720. The normalized spacial score (nSPS) is 20.6.